The maximum atomic E-state index is 6.16. The molecule has 2 nitrogen and oxygen atoms in total. The number of hydrogen-bond acceptors (Lipinski definition) is 2. The van der Waals surface area contributed by atoms with Crippen molar-refractivity contribution in [2.24, 2.45) is 0 Å². The maximum Gasteiger partial charge on any atom is 0.356 e. The summed E-state index contributed by atoms with van der Waals surface area (Å²) in [6.45, 7) is 10.7. The molecule has 0 spiro atoms. The van der Waals surface area contributed by atoms with Crippen LogP contribution in [0, 0.1) is 6.92 Å². The first-order chi connectivity index (χ1) is 8.58. The van der Waals surface area contributed by atoms with Crippen LogP contribution in [0.25, 0.3) is 0 Å². The van der Waals surface area contributed by atoms with Gasteiger partial charge in [-0.05, 0) is 44.4 Å². The van der Waals surface area contributed by atoms with Gasteiger partial charge in [0.2, 0.25) is 0 Å². The Balaban J connectivity index is 2.86. The molecule has 0 aromatic heterocycles. The van der Waals surface area contributed by atoms with Gasteiger partial charge in [-0.1, -0.05) is 38.1 Å². The van der Waals surface area contributed by atoms with Gasteiger partial charge in [0, 0.05) is 12.2 Å². The number of aryl methyl sites for hydroxylation is 1. The second-order valence-electron chi connectivity index (χ2n) is 4.90. The lowest BCUT2D eigenvalue weighted by Gasteiger charge is -2.25. The summed E-state index contributed by atoms with van der Waals surface area (Å²) in [4.78, 5) is 0. The van der Waals surface area contributed by atoms with E-state index in [0.29, 0.717) is 0 Å². The lowest BCUT2D eigenvalue weighted by molar-refractivity contribution is 0.119. The first kappa shape index (κ1) is 15.4. The summed E-state index contributed by atoms with van der Waals surface area (Å²) in [5.74, 6) is 0. The molecule has 3 heteroatoms. The van der Waals surface area contributed by atoms with Crippen LogP contribution in [0.15, 0.2) is 24.3 Å². The van der Waals surface area contributed by atoms with Crippen molar-refractivity contribution in [3.8, 4) is 0 Å². The van der Waals surface area contributed by atoms with E-state index in [9.17, 15) is 0 Å². The van der Waals surface area contributed by atoms with Crippen molar-refractivity contribution in [3.05, 3.63) is 29.8 Å². The van der Waals surface area contributed by atoms with Gasteiger partial charge in [-0.25, -0.2) is 0 Å². The van der Waals surface area contributed by atoms with Crippen molar-refractivity contribution in [2.45, 2.75) is 59.7 Å². The molecule has 0 aliphatic carbocycles. The highest BCUT2D eigenvalue weighted by Crippen LogP contribution is 2.08. The highest BCUT2D eigenvalue weighted by Gasteiger charge is 2.22. The van der Waals surface area contributed by atoms with E-state index in [1.54, 1.807) is 0 Å². The molecule has 102 valence electrons. The molecule has 1 aromatic carbocycles. The molecule has 0 fully saturated rings. The van der Waals surface area contributed by atoms with E-state index in [1.165, 1.54) is 10.8 Å². The van der Waals surface area contributed by atoms with E-state index in [1.807, 2.05) is 0 Å². The van der Waals surface area contributed by atoms with Crippen molar-refractivity contribution in [2.75, 3.05) is 0 Å². The lowest BCUT2D eigenvalue weighted by atomic mass is 10.2. The molecule has 2 atom stereocenters. The third-order valence-corrected chi connectivity index (χ3v) is 5.88. The van der Waals surface area contributed by atoms with Crippen LogP contribution in [-0.2, 0) is 8.85 Å². The molecule has 0 bridgehead atoms. The van der Waals surface area contributed by atoms with Crippen LogP contribution in [-0.4, -0.2) is 21.5 Å². The quantitative estimate of drug-likeness (QED) is 0.706. The summed E-state index contributed by atoms with van der Waals surface area (Å²) in [5, 5.41) is 1.28. The Labute approximate surface area is 113 Å². The van der Waals surface area contributed by atoms with Gasteiger partial charge in [-0.15, -0.1) is 0 Å². The molecule has 0 saturated heterocycles. The monoisotopic (exact) mass is 266 g/mol. The first-order valence-corrected chi connectivity index (χ1v) is 8.46. The summed E-state index contributed by atoms with van der Waals surface area (Å²) in [5.41, 5.74) is 1.28. The predicted molar refractivity (Wildman–Crippen MR) is 79.6 cm³/mol. The number of hydrogen-bond donors (Lipinski definition) is 0. The zero-order valence-corrected chi connectivity index (χ0v) is 13.4. The maximum absolute atomic E-state index is 6.16. The van der Waals surface area contributed by atoms with Crippen molar-refractivity contribution >= 4 is 14.5 Å². The van der Waals surface area contributed by atoms with Gasteiger partial charge < -0.3 is 8.85 Å². The van der Waals surface area contributed by atoms with Crippen LogP contribution >= 0.6 is 0 Å². The molecule has 0 aliphatic heterocycles. The average molecular weight is 266 g/mol. The molecule has 0 N–H and O–H groups in total. The molecule has 0 heterocycles. The van der Waals surface area contributed by atoms with Gasteiger partial charge in [0.25, 0.3) is 0 Å². The zero-order chi connectivity index (χ0) is 13.5. The topological polar surface area (TPSA) is 18.5 Å². The predicted octanol–water partition coefficient (Wildman–Crippen LogP) is 3.05. The summed E-state index contributed by atoms with van der Waals surface area (Å²) in [7, 11) is -1.78. The van der Waals surface area contributed by atoms with Crippen molar-refractivity contribution < 1.29 is 8.85 Å². The molecule has 0 radical (unpaired) electrons. The van der Waals surface area contributed by atoms with Gasteiger partial charge in [-0.2, -0.15) is 0 Å². The Morgan fingerprint density at radius 1 is 1.00 bits per heavy atom. The SMILES string of the molecule is CCC(C)O[SiH](OC(C)CC)c1ccccc1C. The van der Waals surface area contributed by atoms with Gasteiger partial charge >= 0.3 is 9.28 Å². The molecule has 0 aliphatic rings. The van der Waals surface area contributed by atoms with E-state index < -0.39 is 9.28 Å². The Hall–Kier alpha value is -0.643. The summed E-state index contributed by atoms with van der Waals surface area (Å²) < 4.78 is 12.3. The van der Waals surface area contributed by atoms with Crippen LogP contribution in [0.3, 0.4) is 0 Å². The van der Waals surface area contributed by atoms with Gasteiger partial charge in [0.15, 0.2) is 0 Å². The molecule has 18 heavy (non-hydrogen) atoms. The normalized spacial score (nSPS) is 16.3. The molecule has 0 saturated carbocycles. The number of benzene rings is 1. The highest BCUT2D eigenvalue weighted by atomic mass is 28.3. The lowest BCUT2D eigenvalue weighted by Crippen LogP contribution is -2.42. The van der Waals surface area contributed by atoms with E-state index in [0.717, 1.165) is 12.8 Å². The molecule has 0 amide bonds. The summed E-state index contributed by atoms with van der Waals surface area (Å²) in [6, 6.07) is 8.42. The molecule has 1 rings (SSSR count). The average Bonchev–Trinajstić information content (AvgIpc) is 2.38. The molecule has 1 aromatic rings. The fraction of sp³-hybridized carbons (Fsp3) is 0.600. The van der Waals surface area contributed by atoms with Crippen LogP contribution in [0.2, 0.25) is 0 Å². The molecular formula is C15H26O2Si. The third kappa shape index (κ3) is 4.56. The second kappa shape index (κ2) is 7.72. The van der Waals surface area contributed by atoms with Crippen LogP contribution in [0.1, 0.15) is 46.1 Å². The minimum absolute atomic E-state index is 0.269. The largest absolute Gasteiger partial charge is 0.390 e. The second-order valence-corrected chi connectivity index (χ2v) is 6.73. The van der Waals surface area contributed by atoms with Crippen molar-refractivity contribution in [3.63, 3.8) is 0 Å². The minimum atomic E-state index is -1.78. The first-order valence-electron chi connectivity index (χ1n) is 6.94. The van der Waals surface area contributed by atoms with E-state index in [-0.39, 0.29) is 12.2 Å². The van der Waals surface area contributed by atoms with Crippen LogP contribution < -0.4 is 5.19 Å². The van der Waals surface area contributed by atoms with E-state index in [4.69, 9.17) is 8.85 Å². The van der Waals surface area contributed by atoms with E-state index in [2.05, 4.69) is 58.9 Å². The smallest absolute Gasteiger partial charge is 0.356 e. The Morgan fingerprint density at radius 3 is 1.94 bits per heavy atom. The highest BCUT2D eigenvalue weighted by molar-refractivity contribution is 6.61. The van der Waals surface area contributed by atoms with Crippen molar-refractivity contribution in [1.82, 2.24) is 0 Å². The minimum Gasteiger partial charge on any atom is -0.390 e. The van der Waals surface area contributed by atoms with Gasteiger partial charge in [-0.3, -0.25) is 0 Å². The molecular weight excluding hydrogens is 240 g/mol. The summed E-state index contributed by atoms with van der Waals surface area (Å²) >= 11 is 0. The fourth-order valence-corrected chi connectivity index (χ4v) is 3.97. The third-order valence-electron chi connectivity index (χ3n) is 3.30. The molecule has 2 unspecified atom stereocenters. The fourth-order valence-electron chi connectivity index (χ4n) is 1.64. The number of rotatable bonds is 7. The Kier molecular flexibility index (Phi) is 6.61. The Bertz CT molecular complexity index is 342. The van der Waals surface area contributed by atoms with Gasteiger partial charge in [0.1, 0.15) is 0 Å². The van der Waals surface area contributed by atoms with Gasteiger partial charge in [0.05, 0.1) is 0 Å². The van der Waals surface area contributed by atoms with Crippen molar-refractivity contribution in [1.29, 1.82) is 0 Å². The van der Waals surface area contributed by atoms with E-state index >= 15 is 0 Å². The van der Waals surface area contributed by atoms with Crippen LogP contribution in [0.4, 0.5) is 0 Å². The standard InChI is InChI=1S/C15H26O2Si/c1-6-13(4)16-18(17-14(5)7-2)15-11-9-8-10-12(15)3/h8-11,13-14,18H,6-7H2,1-5H3. The summed E-state index contributed by atoms with van der Waals surface area (Å²) in [6.07, 6.45) is 2.59. The van der Waals surface area contributed by atoms with Crippen LogP contribution in [0.5, 0.6) is 0 Å². The Morgan fingerprint density at radius 2 is 1.50 bits per heavy atom. The zero-order valence-electron chi connectivity index (χ0n) is 12.3.